The van der Waals surface area contributed by atoms with E-state index in [-0.39, 0.29) is 12.3 Å². The molecule has 0 fully saturated rings. The molecule has 0 N–H and O–H groups in total. The highest BCUT2D eigenvalue weighted by molar-refractivity contribution is 5.86. The molecule has 0 atom stereocenters. The smallest absolute Gasteiger partial charge is 0.460 e. The van der Waals surface area contributed by atoms with Crippen LogP contribution in [-0.4, -0.2) is 65.9 Å². The van der Waals surface area contributed by atoms with Crippen LogP contribution in [0, 0.1) is 0 Å². The molecule has 0 aromatic rings. The number of carbonyl (C=O) groups is 1. The number of alkyl halides is 19. The van der Waals surface area contributed by atoms with Crippen molar-refractivity contribution in [3.05, 3.63) is 12.3 Å². The molecule has 0 rings (SSSR count). The Bertz CT molecular complexity index is 807. The summed E-state index contributed by atoms with van der Waals surface area (Å²) >= 11 is 0. The Labute approximate surface area is 179 Å². The summed E-state index contributed by atoms with van der Waals surface area (Å²) in [6.07, 6.45) is -8.04. The van der Waals surface area contributed by atoms with E-state index in [9.17, 15) is 88.2 Å². The SMILES string of the molecule is CC(=O)/C=C/OCC(F)(F)C(F)(F)C(F)(F)C(F)(F)C(F)(F)C(F)(F)C(F)(F)C(F)(F)C(F)(F)F. The van der Waals surface area contributed by atoms with Crippen molar-refractivity contribution in [1.82, 2.24) is 0 Å². The van der Waals surface area contributed by atoms with Crippen LogP contribution in [0.3, 0.4) is 0 Å². The highest BCUT2D eigenvalue weighted by Crippen LogP contribution is 2.65. The minimum Gasteiger partial charge on any atom is -0.495 e. The third-order valence-electron chi connectivity index (χ3n) is 3.85. The van der Waals surface area contributed by atoms with Gasteiger partial charge in [-0.15, -0.1) is 0 Å². The lowest BCUT2D eigenvalue weighted by atomic mass is 9.87. The number of ether oxygens (including phenoxy) is 1. The fraction of sp³-hybridized carbons (Fsp3) is 0.786. The van der Waals surface area contributed by atoms with E-state index in [1.807, 2.05) is 0 Å². The van der Waals surface area contributed by atoms with Crippen LogP contribution in [0.25, 0.3) is 0 Å². The van der Waals surface area contributed by atoms with Crippen molar-refractivity contribution in [3.8, 4) is 0 Å². The maximum absolute atomic E-state index is 13.5. The molecule has 0 heterocycles. The highest BCUT2D eigenvalue weighted by atomic mass is 19.4. The molecule has 0 aromatic heterocycles. The summed E-state index contributed by atoms with van der Waals surface area (Å²) in [5, 5.41) is 0. The monoisotopic (exact) mass is 568 g/mol. The van der Waals surface area contributed by atoms with Gasteiger partial charge in [0, 0.05) is 6.08 Å². The van der Waals surface area contributed by atoms with Crippen LogP contribution >= 0.6 is 0 Å². The first-order chi connectivity index (χ1) is 14.9. The molecule has 0 saturated carbocycles. The Kier molecular flexibility index (Phi) is 8.24. The van der Waals surface area contributed by atoms with Gasteiger partial charge in [-0.25, -0.2) is 0 Å². The molecule has 2 nitrogen and oxygen atoms in total. The van der Waals surface area contributed by atoms with Crippen LogP contribution in [0.2, 0.25) is 0 Å². The van der Waals surface area contributed by atoms with Crippen molar-refractivity contribution in [2.75, 3.05) is 6.61 Å². The number of halogens is 19. The van der Waals surface area contributed by atoms with Crippen molar-refractivity contribution >= 4 is 5.78 Å². The molecule has 0 saturated heterocycles. The number of hydrogen-bond donors (Lipinski definition) is 0. The van der Waals surface area contributed by atoms with Gasteiger partial charge < -0.3 is 4.74 Å². The lowest BCUT2D eigenvalue weighted by molar-refractivity contribution is -0.469. The second-order valence-electron chi connectivity index (χ2n) is 6.45. The Morgan fingerprint density at radius 1 is 0.543 bits per heavy atom. The standard InChI is InChI=1S/C14H7F19O2/c1-5(34)2-3-35-4-6(15,16)7(17,18)8(19,20)9(21,22)10(23,24)11(25,26)12(27,28)13(29,30)14(31,32)33/h2-3H,4H2,1H3/b3-2+. The van der Waals surface area contributed by atoms with Gasteiger partial charge in [0.25, 0.3) is 0 Å². The third-order valence-corrected chi connectivity index (χ3v) is 3.85. The van der Waals surface area contributed by atoms with Crippen molar-refractivity contribution in [1.29, 1.82) is 0 Å². The van der Waals surface area contributed by atoms with Crippen molar-refractivity contribution in [2.24, 2.45) is 0 Å². The Morgan fingerprint density at radius 3 is 1.11 bits per heavy atom. The zero-order valence-electron chi connectivity index (χ0n) is 15.9. The number of carbonyl (C=O) groups excluding carboxylic acids is 1. The largest absolute Gasteiger partial charge is 0.495 e. The molecular formula is C14H7F19O2. The van der Waals surface area contributed by atoms with Gasteiger partial charge in [0.05, 0.1) is 6.26 Å². The summed E-state index contributed by atoms with van der Waals surface area (Å²) < 4.78 is 251. The molecule has 0 aromatic carbocycles. The van der Waals surface area contributed by atoms with E-state index < -0.39 is 65.9 Å². The second kappa shape index (κ2) is 8.77. The maximum atomic E-state index is 13.5. The minimum atomic E-state index is -8.96. The maximum Gasteiger partial charge on any atom is 0.460 e. The van der Waals surface area contributed by atoms with Crippen LogP contribution in [0.5, 0.6) is 0 Å². The minimum absolute atomic E-state index is 0.124. The van der Waals surface area contributed by atoms with Gasteiger partial charge in [-0.3, -0.25) is 4.79 Å². The Morgan fingerprint density at radius 2 is 0.829 bits per heavy atom. The van der Waals surface area contributed by atoms with Gasteiger partial charge >= 0.3 is 53.6 Å². The summed E-state index contributed by atoms with van der Waals surface area (Å²) in [6.45, 7) is -2.53. The lowest BCUT2D eigenvalue weighted by Crippen LogP contribution is -2.76. The number of hydrogen-bond acceptors (Lipinski definition) is 2. The summed E-state index contributed by atoms with van der Waals surface area (Å²) in [5.41, 5.74) is 0. The Balaban J connectivity index is 6.66. The van der Waals surface area contributed by atoms with Crippen molar-refractivity contribution in [3.63, 3.8) is 0 Å². The molecule has 0 aliphatic rings. The fourth-order valence-corrected chi connectivity index (χ4v) is 1.78. The molecule has 208 valence electrons. The average molecular weight is 568 g/mol. The van der Waals surface area contributed by atoms with Gasteiger partial charge in [0.15, 0.2) is 12.4 Å². The summed E-state index contributed by atoms with van der Waals surface area (Å²) in [7, 11) is 0. The zero-order chi connectivity index (χ0) is 28.9. The van der Waals surface area contributed by atoms with Crippen LogP contribution in [0.1, 0.15) is 6.92 Å². The second-order valence-corrected chi connectivity index (χ2v) is 6.45. The molecule has 0 bridgehead atoms. The summed E-state index contributed by atoms with van der Waals surface area (Å²) in [5.74, 6) is -68.2. The van der Waals surface area contributed by atoms with Gasteiger partial charge in [0.1, 0.15) is 0 Å². The van der Waals surface area contributed by atoms with Gasteiger partial charge in [-0.1, -0.05) is 0 Å². The first-order valence-electron chi connectivity index (χ1n) is 7.79. The summed E-state index contributed by atoms with van der Waals surface area (Å²) in [4.78, 5) is 10.4. The van der Waals surface area contributed by atoms with E-state index in [0.717, 1.165) is 0 Å². The molecule has 21 heteroatoms. The highest BCUT2D eigenvalue weighted by Gasteiger charge is 2.96. The van der Waals surface area contributed by atoms with Gasteiger partial charge in [-0.2, -0.15) is 83.4 Å². The molecule has 0 spiro atoms. The third kappa shape index (κ3) is 4.69. The quantitative estimate of drug-likeness (QED) is 0.157. The molecule has 0 amide bonds. The first kappa shape index (κ1) is 32.9. The fourth-order valence-electron chi connectivity index (χ4n) is 1.78. The van der Waals surface area contributed by atoms with Crippen LogP contribution in [0.4, 0.5) is 83.4 Å². The number of allylic oxidation sites excluding steroid dienone is 1. The summed E-state index contributed by atoms with van der Waals surface area (Å²) in [6, 6.07) is 0. The van der Waals surface area contributed by atoms with Gasteiger partial charge in [0.2, 0.25) is 0 Å². The predicted octanol–water partition coefficient (Wildman–Crippen LogP) is 6.75. The van der Waals surface area contributed by atoms with Crippen LogP contribution in [-0.2, 0) is 9.53 Å². The molecule has 0 aliphatic carbocycles. The van der Waals surface area contributed by atoms with E-state index in [0.29, 0.717) is 6.92 Å². The van der Waals surface area contributed by atoms with E-state index in [1.165, 1.54) is 0 Å². The Hall–Kier alpha value is -2.12. The molecule has 0 unspecified atom stereocenters. The van der Waals surface area contributed by atoms with Crippen molar-refractivity contribution < 1.29 is 92.9 Å². The van der Waals surface area contributed by atoms with E-state index in [1.54, 1.807) is 0 Å². The van der Waals surface area contributed by atoms with Crippen LogP contribution in [0.15, 0.2) is 12.3 Å². The molecule has 0 radical (unpaired) electrons. The lowest BCUT2D eigenvalue weighted by Gasteiger charge is -2.43. The number of rotatable bonds is 11. The van der Waals surface area contributed by atoms with Crippen molar-refractivity contribution in [2.45, 2.75) is 60.5 Å². The van der Waals surface area contributed by atoms with E-state index >= 15 is 0 Å². The van der Waals surface area contributed by atoms with E-state index in [4.69, 9.17) is 0 Å². The zero-order valence-corrected chi connectivity index (χ0v) is 15.9. The predicted molar refractivity (Wildman–Crippen MR) is 71.4 cm³/mol. The normalized spacial score (nSPS) is 16.1. The van der Waals surface area contributed by atoms with Crippen LogP contribution < -0.4 is 0 Å². The molecule has 35 heavy (non-hydrogen) atoms. The average Bonchev–Trinajstić information content (AvgIpc) is 2.62. The van der Waals surface area contributed by atoms with Gasteiger partial charge in [-0.05, 0) is 6.92 Å². The molecule has 0 aliphatic heterocycles. The number of ketones is 1. The first-order valence-corrected chi connectivity index (χ1v) is 7.79. The molecular weight excluding hydrogens is 561 g/mol. The van der Waals surface area contributed by atoms with E-state index in [2.05, 4.69) is 4.74 Å². The topological polar surface area (TPSA) is 26.3 Å².